The molecule has 0 aliphatic carbocycles. The van der Waals surface area contributed by atoms with Gasteiger partial charge in [-0.1, -0.05) is 175 Å². The lowest BCUT2D eigenvalue weighted by Gasteiger charge is -2.18. The van der Waals surface area contributed by atoms with Gasteiger partial charge in [-0.25, -0.2) is 0 Å². The third kappa shape index (κ3) is 36.6. The van der Waals surface area contributed by atoms with Crippen molar-refractivity contribution in [3.8, 4) is 0 Å². The Labute approximate surface area is 391 Å². The van der Waals surface area contributed by atoms with Crippen molar-refractivity contribution in [3.63, 3.8) is 0 Å². The third-order valence-corrected chi connectivity index (χ3v) is 11.9. The van der Waals surface area contributed by atoms with E-state index in [0.29, 0.717) is 32.5 Å². The van der Waals surface area contributed by atoms with Crippen LogP contribution in [-0.2, 0) is 41.8 Å². The maximum atomic E-state index is 12.6. The molecule has 0 aromatic heterocycles. The molecule has 0 heterocycles. The molecule has 0 atom stereocenters. The number of nitrogens with zero attached hydrogens (tertiary/aromatic N) is 1. The first-order valence-corrected chi connectivity index (χ1v) is 26.0. The van der Waals surface area contributed by atoms with Crippen LogP contribution in [0.3, 0.4) is 0 Å². The van der Waals surface area contributed by atoms with Crippen LogP contribution in [0.5, 0.6) is 0 Å². The summed E-state index contributed by atoms with van der Waals surface area (Å²) in [4.78, 5) is 38.7. The van der Waals surface area contributed by atoms with Crippen LogP contribution in [0.1, 0.15) is 217 Å². The van der Waals surface area contributed by atoms with Gasteiger partial charge in [0.25, 0.3) is 0 Å². The molecule has 0 amide bonds. The number of hydrogen-bond acceptors (Lipinski definition) is 7. The molecule has 0 saturated carbocycles. The molecule has 0 radical (unpaired) electrons. The number of rotatable bonds is 43. The molecule has 0 fully saturated rings. The van der Waals surface area contributed by atoms with E-state index in [1.807, 2.05) is 60.7 Å². The normalized spacial score (nSPS) is 11.6. The fraction of sp³-hybridized carbons (Fsp3) is 0.667. The van der Waals surface area contributed by atoms with Crippen molar-refractivity contribution < 1.29 is 28.6 Å². The molecule has 0 bridgehead atoms. The Morgan fingerprint density at radius 1 is 0.422 bits per heavy atom. The first kappa shape index (κ1) is 56.4. The molecule has 0 aliphatic heterocycles. The summed E-state index contributed by atoms with van der Waals surface area (Å²) in [6, 6.07) is 19.7. The highest BCUT2D eigenvalue weighted by Gasteiger charge is 2.14. The zero-order chi connectivity index (χ0) is 45.8. The average molecular weight is 886 g/mol. The van der Waals surface area contributed by atoms with Crippen LogP contribution in [0.2, 0.25) is 0 Å². The number of esters is 3. The molecule has 2 rings (SSSR count). The third-order valence-electron chi connectivity index (χ3n) is 11.9. The highest BCUT2D eigenvalue weighted by molar-refractivity contribution is 5.70. The molecule has 7 nitrogen and oxygen atoms in total. The lowest BCUT2D eigenvalue weighted by molar-refractivity contribution is -0.150. The lowest BCUT2D eigenvalue weighted by Crippen LogP contribution is -2.20. The van der Waals surface area contributed by atoms with E-state index in [1.165, 1.54) is 116 Å². The van der Waals surface area contributed by atoms with E-state index in [-0.39, 0.29) is 24.0 Å². The SMILES string of the molecule is CN(C)CCCC(=O)OC(CCCCCCCC/C=C\CCCCCCCC(=O)OCc1ccccc1)CCCCCCCC/C=C\CCCCCCCC(=O)OCc1ccccc1. The van der Waals surface area contributed by atoms with E-state index in [0.717, 1.165) is 88.3 Å². The van der Waals surface area contributed by atoms with Crippen LogP contribution >= 0.6 is 0 Å². The van der Waals surface area contributed by atoms with Crippen LogP contribution in [0, 0.1) is 0 Å². The number of hydrogen-bond donors (Lipinski definition) is 0. The van der Waals surface area contributed by atoms with E-state index in [1.54, 1.807) is 0 Å². The van der Waals surface area contributed by atoms with Crippen LogP contribution in [0.15, 0.2) is 85.0 Å². The molecule has 2 aromatic rings. The molecule has 7 heteroatoms. The topological polar surface area (TPSA) is 82.1 Å². The van der Waals surface area contributed by atoms with Crippen molar-refractivity contribution in [1.29, 1.82) is 0 Å². The van der Waals surface area contributed by atoms with Crippen LogP contribution in [-0.4, -0.2) is 49.6 Å². The molecule has 0 aliphatic rings. The molecule has 360 valence electrons. The van der Waals surface area contributed by atoms with Crippen molar-refractivity contribution in [1.82, 2.24) is 4.90 Å². The number of allylic oxidation sites excluding steroid dienone is 4. The maximum Gasteiger partial charge on any atom is 0.306 e. The molecule has 0 saturated heterocycles. The summed E-state index contributed by atoms with van der Waals surface area (Å²) in [5, 5.41) is 0. The Morgan fingerprint density at radius 3 is 1.12 bits per heavy atom. The monoisotopic (exact) mass is 886 g/mol. The number of unbranched alkanes of at least 4 members (excludes halogenated alkanes) is 22. The van der Waals surface area contributed by atoms with Gasteiger partial charge < -0.3 is 19.1 Å². The summed E-state index contributed by atoms with van der Waals surface area (Å²) in [6.45, 7) is 1.66. The molecular formula is C57H91NO6. The van der Waals surface area contributed by atoms with E-state index in [4.69, 9.17) is 14.2 Å². The second kappa shape index (κ2) is 42.0. The minimum atomic E-state index is -0.0895. The highest BCUT2D eigenvalue weighted by atomic mass is 16.5. The molecule has 64 heavy (non-hydrogen) atoms. The second-order valence-electron chi connectivity index (χ2n) is 18.3. The summed E-state index contributed by atoms with van der Waals surface area (Å²) < 4.78 is 16.8. The largest absolute Gasteiger partial charge is 0.462 e. The van der Waals surface area contributed by atoms with Gasteiger partial charge in [0, 0.05) is 19.3 Å². The Balaban J connectivity index is 1.40. The van der Waals surface area contributed by atoms with Gasteiger partial charge in [-0.15, -0.1) is 0 Å². The summed E-state index contributed by atoms with van der Waals surface area (Å²) >= 11 is 0. The molecule has 0 N–H and O–H groups in total. The van der Waals surface area contributed by atoms with Crippen molar-refractivity contribution >= 4 is 17.9 Å². The fourth-order valence-corrected chi connectivity index (χ4v) is 7.94. The lowest BCUT2D eigenvalue weighted by atomic mass is 10.0. The Kier molecular flexibility index (Phi) is 37.0. The molecule has 0 spiro atoms. The van der Waals surface area contributed by atoms with Crippen molar-refractivity contribution in [2.45, 2.75) is 225 Å². The minimum absolute atomic E-state index is 0.0177. The van der Waals surface area contributed by atoms with Gasteiger partial charge in [-0.3, -0.25) is 14.4 Å². The van der Waals surface area contributed by atoms with E-state index in [2.05, 4.69) is 43.3 Å². The first-order chi connectivity index (χ1) is 31.4. The van der Waals surface area contributed by atoms with Gasteiger partial charge in [-0.2, -0.15) is 0 Å². The van der Waals surface area contributed by atoms with E-state index in [9.17, 15) is 14.4 Å². The number of benzene rings is 2. The highest BCUT2D eigenvalue weighted by Crippen LogP contribution is 2.19. The molecule has 2 aromatic carbocycles. The zero-order valence-corrected chi connectivity index (χ0v) is 40.8. The summed E-state index contributed by atoms with van der Waals surface area (Å²) in [5.74, 6) is -0.197. The van der Waals surface area contributed by atoms with Gasteiger partial charge >= 0.3 is 17.9 Å². The van der Waals surface area contributed by atoms with Gasteiger partial charge in [0.15, 0.2) is 0 Å². The maximum absolute atomic E-state index is 12.6. The van der Waals surface area contributed by atoms with Gasteiger partial charge in [0.05, 0.1) is 0 Å². The first-order valence-electron chi connectivity index (χ1n) is 26.0. The van der Waals surface area contributed by atoms with Gasteiger partial charge in [0.1, 0.15) is 19.3 Å². The molecular weight excluding hydrogens is 795 g/mol. The predicted octanol–water partition coefficient (Wildman–Crippen LogP) is 15.5. The number of ether oxygens (including phenoxy) is 3. The van der Waals surface area contributed by atoms with Crippen molar-refractivity contribution in [3.05, 3.63) is 96.1 Å². The number of carbonyl (C=O) groups excluding carboxylic acids is 3. The van der Waals surface area contributed by atoms with Gasteiger partial charge in [0.2, 0.25) is 0 Å². The number of carbonyl (C=O) groups is 3. The van der Waals surface area contributed by atoms with Crippen LogP contribution in [0.4, 0.5) is 0 Å². The van der Waals surface area contributed by atoms with Crippen LogP contribution in [0.25, 0.3) is 0 Å². The van der Waals surface area contributed by atoms with Gasteiger partial charge in [-0.05, 0) is 128 Å². The van der Waals surface area contributed by atoms with E-state index < -0.39 is 0 Å². The summed E-state index contributed by atoms with van der Waals surface area (Å²) in [5.41, 5.74) is 2.08. The predicted molar refractivity (Wildman–Crippen MR) is 267 cm³/mol. The Hall–Kier alpha value is -3.71. The summed E-state index contributed by atoms with van der Waals surface area (Å²) in [6.07, 6.45) is 44.9. The second-order valence-corrected chi connectivity index (χ2v) is 18.3. The van der Waals surface area contributed by atoms with Crippen molar-refractivity contribution in [2.24, 2.45) is 0 Å². The van der Waals surface area contributed by atoms with E-state index >= 15 is 0 Å². The summed E-state index contributed by atoms with van der Waals surface area (Å²) in [7, 11) is 4.10. The average Bonchev–Trinajstić information content (AvgIpc) is 3.30. The van der Waals surface area contributed by atoms with Crippen LogP contribution < -0.4 is 0 Å². The van der Waals surface area contributed by atoms with Crippen molar-refractivity contribution in [2.75, 3.05) is 20.6 Å². The Bertz CT molecular complexity index is 1340. The fourth-order valence-electron chi connectivity index (χ4n) is 7.94. The standard InChI is InChI=1S/C57H91NO6/c1-58(2)49-39-48-57(61)64-54(44-35-25-21-17-13-9-5-3-7-11-15-19-23-27-37-46-55(59)62-50-52-40-31-29-32-41-52)45-36-26-22-18-14-10-6-4-8-12-16-20-24-28-38-47-56(60)63-51-53-42-33-30-34-43-53/h3-4,7-8,29-34,40-43,54H,5-6,9-28,35-39,44-51H2,1-2H3/b7-3-,8-4-. The minimum Gasteiger partial charge on any atom is -0.462 e. The Morgan fingerprint density at radius 2 is 0.750 bits per heavy atom. The smallest absolute Gasteiger partial charge is 0.306 e. The quantitative estimate of drug-likeness (QED) is 0.0284. The molecule has 0 unspecified atom stereocenters. The zero-order valence-electron chi connectivity index (χ0n) is 40.8.